The van der Waals surface area contributed by atoms with Crippen molar-refractivity contribution in [2.75, 3.05) is 0 Å². The van der Waals surface area contributed by atoms with Crippen LogP contribution in [0.3, 0.4) is 0 Å². The molecular weight excluding hydrogens is 252 g/mol. The maximum absolute atomic E-state index is 12.0. The molecule has 0 unspecified atom stereocenters. The standard InChI is InChI=1S/C13H12O4S/c1-9-2-5-11(6-3-9)18(16)8-10-4-7-12(17-10)13(14)15/h2-7H,8H2,1H3,(H,14,15)/t18-/m1/s1. The minimum Gasteiger partial charge on any atom is -0.475 e. The van der Waals surface area contributed by atoms with Crippen LogP contribution >= 0.6 is 0 Å². The molecule has 1 aromatic carbocycles. The second-order valence-corrected chi connectivity index (χ2v) is 5.33. The molecule has 0 amide bonds. The molecule has 0 aliphatic rings. The maximum atomic E-state index is 12.0. The normalized spacial score (nSPS) is 12.3. The van der Waals surface area contributed by atoms with Crippen LogP contribution in [0.15, 0.2) is 45.7 Å². The Morgan fingerprint density at radius 3 is 2.44 bits per heavy atom. The van der Waals surface area contributed by atoms with Crippen molar-refractivity contribution in [1.29, 1.82) is 0 Å². The van der Waals surface area contributed by atoms with E-state index in [-0.39, 0.29) is 11.5 Å². The summed E-state index contributed by atoms with van der Waals surface area (Å²) in [4.78, 5) is 11.3. The Kier molecular flexibility index (Phi) is 3.62. The minimum atomic E-state index is -1.23. The number of hydrogen-bond donors (Lipinski definition) is 1. The van der Waals surface area contributed by atoms with Gasteiger partial charge in [-0.05, 0) is 31.2 Å². The van der Waals surface area contributed by atoms with E-state index in [2.05, 4.69) is 0 Å². The summed E-state index contributed by atoms with van der Waals surface area (Å²) < 4.78 is 17.1. The van der Waals surface area contributed by atoms with E-state index in [1.54, 1.807) is 12.1 Å². The number of carboxylic acid groups (broad SMARTS) is 1. The van der Waals surface area contributed by atoms with Gasteiger partial charge in [0.2, 0.25) is 5.76 Å². The van der Waals surface area contributed by atoms with Crippen LogP contribution in [0.5, 0.6) is 0 Å². The first-order valence-corrected chi connectivity index (χ1v) is 6.65. The Labute approximate surface area is 107 Å². The van der Waals surface area contributed by atoms with Crippen LogP contribution < -0.4 is 0 Å². The topological polar surface area (TPSA) is 67.5 Å². The molecule has 1 heterocycles. The molecule has 94 valence electrons. The number of rotatable bonds is 4. The Bertz CT molecular complexity index is 583. The second-order valence-electron chi connectivity index (χ2n) is 3.87. The van der Waals surface area contributed by atoms with Gasteiger partial charge in [-0.3, -0.25) is 4.21 Å². The molecule has 0 aliphatic heterocycles. The van der Waals surface area contributed by atoms with Crippen LogP contribution in [0.25, 0.3) is 0 Å². The number of hydrogen-bond acceptors (Lipinski definition) is 3. The largest absolute Gasteiger partial charge is 0.475 e. The van der Waals surface area contributed by atoms with Gasteiger partial charge in [-0.15, -0.1) is 0 Å². The fourth-order valence-electron chi connectivity index (χ4n) is 1.47. The van der Waals surface area contributed by atoms with Gasteiger partial charge in [0.05, 0.1) is 16.6 Å². The van der Waals surface area contributed by atoms with E-state index in [1.807, 2.05) is 19.1 Å². The zero-order chi connectivity index (χ0) is 13.1. The molecule has 5 heteroatoms. The fourth-order valence-corrected chi connectivity index (χ4v) is 2.49. The van der Waals surface area contributed by atoms with Gasteiger partial charge in [-0.25, -0.2) is 4.79 Å². The number of aryl methyl sites for hydroxylation is 1. The quantitative estimate of drug-likeness (QED) is 0.921. The summed E-state index contributed by atoms with van der Waals surface area (Å²) in [5.41, 5.74) is 1.10. The average molecular weight is 264 g/mol. The van der Waals surface area contributed by atoms with Gasteiger partial charge in [-0.1, -0.05) is 17.7 Å². The summed E-state index contributed by atoms with van der Waals surface area (Å²) in [5, 5.41) is 8.71. The van der Waals surface area contributed by atoms with Crippen LogP contribution in [0, 0.1) is 6.92 Å². The number of carbonyl (C=O) groups is 1. The fraction of sp³-hybridized carbons (Fsp3) is 0.154. The summed E-state index contributed by atoms with van der Waals surface area (Å²) in [7, 11) is -1.23. The lowest BCUT2D eigenvalue weighted by Gasteiger charge is -2.00. The van der Waals surface area contributed by atoms with E-state index in [9.17, 15) is 9.00 Å². The summed E-state index contributed by atoms with van der Waals surface area (Å²) in [6, 6.07) is 10.3. The van der Waals surface area contributed by atoms with Gasteiger partial charge in [0.15, 0.2) is 0 Å². The van der Waals surface area contributed by atoms with Crippen LogP contribution in [-0.4, -0.2) is 15.3 Å². The van der Waals surface area contributed by atoms with E-state index in [4.69, 9.17) is 9.52 Å². The zero-order valence-electron chi connectivity index (χ0n) is 9.75. The molecule has 1 N–H and O–H groups in total. The number of furan rings is 1. The Hall–Kier alpha value is -1.88. The molecule has 0 bridgehead atoms. The lowest BCUT2D eigenvalue weighted by atomic mass is 10.2. The predicted octanol–water partition coefficient (Wildman–Crippen LogP) is 2.59. The first-order chi connectivity index (χ1) is 8.56. The molecule has 0 fully saturated rings. The van der Waals surface area contributed by atoms with Crippen molar-refractivity contribution in [2.45, 2.75) is 17.6 Å². The van der Waals surface area contributed by atoms with Gasteiger partial charge in [0.25, 0.3) is 0 Å². The van der Waals surface area contributed by atoms with Gasteiger partial charge in [-0.2, -0.15) is 0 Å². The van der Waals surface area contributed by atoms with Gasteiger partial charge >= 0.3 is 5.97 Å². The van der Waals surface area contributed by atoms with Gasteiger partial charge in [0, 0.05) is 4.90 Å². The van der Waals surface area contributed by atoms with Crippen LogP contribution in [0.4, 0.5) is 0 Å². The molecular formula is C13H12O4S. The first kappa shape index (κ1) is 12.6. The van der Waals surface area contributed by atoms with E-state index < -0.39 is 16.8 Å². The van der Waals surface area contributed by atoms with Crippen LogP contribution in [-0.2, 0) is 16.6 Å². The smallest absolute Gasteiger partial charge is 0.371 e. The summed E-state index contributed by atoms with van der Waals surface area (Å²) in [6.07, 6.45) is 0. The SMILES string of the molecule is Cc1ccc([S@](=O)Cc2ccc(C(=O)O)o2)cc1. The van der Waals surface area contributed by atoms with E-state index in [0.29, 0.717) is 10.7 Å². The third kappa shape index (κ3) is 2.87. The van der Waals surface area contributed by atoms with Crippen LogP contribution in [0.2, 0.25) is 0 Å². The molecule has 1 aromatic heterocycles. The Morgan fingerprint density at radius 1 is 1.22 bits per heavy atom. The van der Waals surface area contributed by atoms with E-state index in [1.165, 1.54) is 12.1 Å². The lowest BCUT2D eigenvalue weighted by Crippen LogP contribution is -1.96. The molecule has 18 heavy (non-hydrogen) atoms. The molecule has 2 rings (SSSR count). The van der Waals surface area contributed by atoms with Crippen molar-refractivity contribution in [3.63, 3.8) is 0 Å². The third-order valence-electron chi connectivity index (χ3n) is 2.43. The highest BCUT2D eigenvalue weighted by atomic mass is 32.2. The number of carboxylic acids is 1. The average Bonchev–Trinajstić information content (AvgIpc) is 2.78. The predicted molar refractivity (Wildman–Crippen MR) is 67.0 cm³/mol. The first-order valence-electron chi connectivity index (χ1n) is 5.33. The molecule has 0 saturated carbocycles. The number of benzene rings is 1. The molecule has 0 saturated heterocycles. The van der Waals surface area contributed by atoms with Crippen molar-refractivity contribution >= 4 is 16.8 Å². The Balaban J connectivity index is 2.11. The van der Waals surface area contributed by atoms with Crippen molar-refractivity contribution < 1.29 is 18.5 Å². The van der Waals surface area contributed by atoms with Crippen molar-refractivity contribution in [3.8, 4) is 0 Å². The lowest BCUT2D eigenvalue weighted by molar-refractivity contribution is 0.0661. The molecule has 0 aliphatic carbocycles. The van der Waals surface area contributed by atoms with Crippen molar-refractivity contribution in [3.05, 3.63) is 53.5 Å². The molecule has 0 spiro atoms. The summed E-state index contributed by atoms with van der Waals surface area (Å²) in [5.74, 6) is -0.671. The monoisotopic (exact) mass is 264 g/mol. The third-order valence-corrected chi connectivity index (χ3v) is 3.77. The minimum absolute atomic E-state index is 0.133. The molecule has 4 nitrogen and oxygen atoms in total. The van der Waals surface area contributed by atoms with Crippen molar-refractivity contribution in [1.82, 2.24) is 0 Å². The highest BCUT2D eigenvalue weighted by Crippen LogP contribution is 2.15. The van der Waals surface area contributed by atoms with Gasteiger partial charge in [0.1, 0.15) is 5.76 Å². The Morgan fingerprint density at radius 2 is 1.89 bits per heavy atom. The second kappa shape index (κ2) is 5.18. The summed E-state index contributed by atoms with van der Waals surface area (Å²) in [6.45, 7) is 1.96. The maximum Gasteiger partial charge on any atom is 0.371 e. The molecule has 2 aromatic rings. The van der Waals surface area contributed by atoms with Crippen molar-refractivity contribution in [2.24, 2.45) is 0 Å². The van der Waals surface area contributed by atoms with Gasteiger partial charge < -0.3 is 9.52 Å². The highest BCUT2D eigenvalue weighted by molar-refractivity contribution is 7.84. The van der Waals surface area contributed by atoms with E-state index >= 15 is 0 Å². The van der Waals surface area contributed by atoms with E-state index in [0.717, 1.165) is 5.56 Å². The van der Waals surface area contributed by atoms with Crippen LogP contribution in [0.1, 0.15) is 21.9 Å². The number of aromatic carboxylic acids is 1. The molecule has 1 atom stereocenters. The molecule has 0 radical (unpaired) electrons. The summed E-state index contributed by atoms with van der Waals surface area (Å²) >= 11 is 0. The highest BCUT2D eigenvalue weighted by Gasteiger charge is 2.12. The zero-order valence-corrected chi connectivity index (χ0v) is 10.6.